The Bertz CT molecular complexity index is 401. The van der Waals surface area contributed by atoms with E-state index in [9.17, 15) is 9.90 Å². The van der Waals surface area contributed by atoms with Crippen molar-refractivity contribution in [2.75, 3.05) is 46.0 Å². The lowest BCUT2D eigenvalue weighted by molar-refractivity contribution is -0.129. The van der Waals surface area contributed by atoms with Crippen LogP contribution in [0.3, 0.4) is 0 Å². The topological polar surface area (TPSA) is 61.8 Å². The second kappa shape index (κ2) is 7.49. The molecule has 1 unspecified atom stereocenters. The number of hydrogen-bond donors (Lipinski definition) is 2. The van der Waals surface area contributed by atoms with Gasteiger partial charge in [-0.2, -0.15) is 0 Å². The van der Waals surface area contributed by atoms with Crippen LogP contribution in [0.25, 0.3) is 0 Å². The minimum Gasteiger partial charge on any atom is -0.396 e. The SMILES string of the molecule is O=C(NCCN1CCCCCC1)C1(CCO)CC12CCOCC2. The summed E-state index contributed by atoms with van der Waals surface area (Å²) in [6.45, 7) is 5.64. The van der Waals surface area contributed by atoms with Crippen molar-refractivity contribution < 1.29 is 14.6 Å². The Morgan fingerprint density at radius 2 is 1.83 bits per heavy atom. The zero-order valence-corrected chi connectivity index (χ0v) is 14.3. The molecule has 5 nitrogen and oxygen atoms in total. The number of amides is 1. The number of aliphatic hydroxyl groups is 1. The van der Waals surface area contributed by atoms with Gasteiger partial charge >= 0.3 is 0 Å². The fourth-order valence-electron chi connectivity index (χ4n) is 4.79. The second-order valence-electron chi connectivity index (χ2n) is 7.64. The first-order valence-corrected chi connectivity index (χ1v) is 9.42. The maximum atomic E-state index is 12.8. The number of carbonyl (C=O) groups excluding carboxylic acids is 1. The summed E-state index contributed by atoms with van der Waals surface area (Å²) in [5.74, 6) is 0.170. The van der Waals surface area contributed by atoms with Crippen molar-refractivity contribution in [1.29, 1.82) is 0 Å². The first-order valence-electron chi connectivity index (χ1n) is 9.42. The third kappa shape index (κ3) is 3.57. The lowest BCUT2D eigenvalue weighted by atomic mass is 9.83. The van der Waals surface area contributed by atoms with Gasteiger partial charge in [0.2, 0.25) is 5.91 Å². The van der Waals surface area contributed by atoms with Gasteiger partial charge in [0, 0.05) is 32.9 Å². The van der Waals surface area contributed by atoms with E-state index in [1.807, 2.05) is 0 Å². The molecule has 0 radical (unpaired) electrons. The average Bonchev–Trinajstić information content (AvgIpc) is 3.25. The van der Waals surface area contributed by atoms with Crippen LogP contribution in [0.15, 0.2) is 0 Å². The molecule has 1 aliphatic carbocycles. The summed E-state index contributed by atoms with van der Waals surface area (Å²) in [6.07, 6.45) is 8.71. The maximum Gasteiger partial charge on any atom is 0.226 e. The molecule has 1 amide bonds. The fourth-order valence-corrected chi connectivity index (χ4v) is 4.79. The van der Waals surface area contributed by atoms with E-state index < -0.39 is 0 Å². The van der Waals surface area contributed by atoms with Gasteiger partial charge in [-0.05, 0) is 57.0 Å². The molecule has 0 aromatic carbocycles. The number of rotatable bonds is 6. The molecule has 1 atom stereocenters. The van der Waals surface area contributed by atoms with E-state index >= 15 is 0 Å². The number of aliphatic hydroxyl groups excluding tert-OH is 1. The summed E-state index contributed by atoms with van der Waals surface area (Å²) in [7, 11) is 0. The molecule has 3 aliphatic rings. The molecule has 132 valence electrons. The van der Waals surface area contributed by atoms with E-state index in [0.29, 0.717) is 6.42 Å². The van der Waals surface area contributed by atoms with E-state index in [-0.39, 0.29) is 23.3 Å². The van der Waals surface area contributed by atoms with Crippen LogP contribution in [0.4, 0.5) is 0 Å². The monoisotopic (exact) mass is 324 g/mol. The number of hydrogen-bond acceptors (Lipinski definition) is 4. The lowest BCUT2D eigenvalue weighted by Gasteiger charge is -2.29. The van der Waals surface area contributed by atoms with Crippen molar-refractivity contribution in [3.8, 4) is 0 Å². The summed E-state index contributed by atoms with van der Waals surface area (Å²) in [6, 6.07) is 0. The zero-order valence-electron chi connectivity index (χ0n) is 14.3. The molecule has 2 saturated heterocycles. The molecular formula is C18H32N2O3. The lowest BCUT2D eigenvalue weighted by Crippen LogP contribution is -2.41. The van der Waals surface area contributed by atoms with Crippen LogP contribution in [0, 0.1) is 10.8 Å². The molecule has 2 N–H and O–H groups in total. The number of likely N-dealkylation sites (tertiary alicyclic amines) is 1. The van der Waals surface area contributed by atoms with Gasteiger partial charge in [-0.1, -0.05) is 12.8 Å². The van der Waals surface area contributed by atoms with Gasteiger partial charge in [0.25, 0.3) is 0 Å². The van der Waals surface area contributed by atoms with E-state index in [2.05, 4.69) is 10.2 Å². The quantitative estimate of drug-likeness (QED) is 0.778. The summed E-state index contributed by atoms with van der Waals surface area (Å²) in [5.41, 5.74) is -0.231. The Hall–Kier alpha value is -0.650. The van der Waals surface area contributed by atoms with Crippen LogP contribution in [0.2, 0.25) is 0 Å². The Labute approximate surface area is 139 Å². The first kappa shape index (κ1) is 17.2. The van der Waals surface area contributed by atoms with Gasteiger partial charge in [0.15, 0.2) is 0 Å². The van der Waals surface area contributed by atoms with Gasteiger partial charge in [0.05, 0.1) is 5.41 Å². The highest BCUT2D eigenvalue weighted by molar-refractivity contribution is 5.87. The minimum absolute atomic E-state index is 0.0979. The van der Waals surface area contributed by atoms with Crippen molar-refractivity contribution in [1.82, 2.24) is 10.2 Å². The van der Waals surface area contributed by atoms with Gasteiger partial charge in [-0.25, -0.2) is 0 Å². The third-order valence-electron chi connectivity index (χ3n) is 6.37. The highest BCUT2D eigenvalue weighted by atomic mass is 16.5. The zero-order chi connectivity index (χ0) is 16.2. The van der Waals surface area contributed by atoms with Crippen LogP contribution in [0.1, 0.15) is 51.4 Å². The summed E-state index contributed by atoms with van der Waals surface area (Å²) in [5, 5.41) is 12.6. The van der Waals surface area contributed by atoms with Crippen molar-refractivity contribution in [3.63, 3.8) is 0 Å². The summed E-state index contributed by atoms with van der Waals surface area (Å²) >= 11 is 0. The van der Waals surface area contributed by atoms with Crippen LogP contribution < -0.4 is 5.32 Å². The first-order chi connectivity index (χ1) is 11.2. The predicted molar refractivity (Wildman–Crippen MR) is 89.2 cm³/mol. The number of nitrogens with one attached hydrogen (secondary N) is 1. The largest absolute Gasteiger partial charge is 0.396 e. The standard InChI is InChI=1S/C18H32N2O3/c21-12-5-18(15-17(18)6-13-23-14-7-17)16(22)19-8-11-20-9-3-1-2-4-10-20/h21H,1-15H2,(H,19,22). The normalized spacial score (nSPS) is 30.8. The maximum absolute atomic E-state index is 12.8. The molecule has 0 aromatic heterocycles. The number of ether oxygens (including phenoxy) is 1. The Morgan fingerprint density at radius 1 is 1.13 bits per heavy atom. The third-order valence-corrected chi connectivity index (χ3v) is 6.37. The number of carbonyl (C=O) groups is 1. The molecule has 2 aliphatic heterocycles. The molecule has 1 spiro atoms. The predicted octanol–water partition coefficient (Wildman–Crippen LogP) is 1.55. The highest BCUT2D eigenvalue weighted by Crippen LogP contribution is 2.70. The van der Waals surface area contributed by atoms with Gasteiger partial charge < -0.3 is 20.1 Å². The number of nitrogens with zero attached hydrogens (tertiary/aromatic N) is 1. The van der Waals surface area contributed by atoms with Gasteiger partial charge in [0.1, 0.15) is 0 Å². The van der Waals surface area contributed by atoms with E-state index in [1.54, 1.807) is 0 Å². The van der Waals surface area contributed by atoms with Crippen molar-refractivity contribution >= 4 is 5.91 Å². The molecule has 1 saturated carbocycles. The Morgan fingerprint density at radius 3 is 2.48 bits per heavy atom. The molecule has 5 heteroatoms. The second-order valence-corrected chi connectivity index (χ2v) is 7.64. The van der Waals surface area contributed by atoms with Crippen molar-refractivity contribution in [2.24, 2.45) is 10.8 Å². The van der Waals surface area contributed by atoms with Crippen LogP contribution in [-0.2, 0) is 9.53 Å². The van der Waals surface area contributed by atoms with Crippen LogP contribution in [0.5, 0.6) is 0 Å². The summed E-state index contributed by atoms with van der Waals surface area (Å²) in [4.78, 5) is 15.3. The molecular weight excluding hydrogens is 292 g/mol. The van der Waals surface area contributed by atoms with Gasteiger partial charge in [-0.3, -0.25) is 4.79 Å². The Balaban J connectivity index is 1.49. The smallest absolute Gasteiger partial charge is 0.226 e. The molecule has 0 bridgehead atoms. The van der Waals surface area contributed by atoms with Crippen LogP contribution in [-0.4, -0.2) is 61.9 Å². The van der Waals surface area contributed by atoms with Crippen LogP contribution >= 0.6 is 0 Å². The van der Waals surface area contributed by atoms with E-state index in [0.717, 1.165) is 45.6 Å². The molecule has 3 rings (SSSR count). The van der Waals surface area contributed by atoms with E-state index in [4.69, 9.17) is 4.74 Å². The van der Waals surface area contributed by atoms with Gasteiger partial charge in [-0.15, -0.1) is 0 Å². The van der Waals surface area contributed by atoms with E-state index in [1.165, 1.54) is 38.8 Å². The average molecular weight is 324 g/mol. The molecule has 23 heavy (non-hydrogen) atoms. The highest BCUT2D eigenvalue weighted by Gasteiger charge is 2.70. The minimum atomic E-state index is -0.329. The fraction of sp³-hybridized carbons (Fsp3) is 0.944. The molecule has 2 heterocycles. The van der Waals surface area contributed by atoms with Crippen molar-refractivity contribution in [3.05, 3.63) is 0 Å². The summed E-state index contributed by atoms with van der Waals surface area (Å²) < 4.78 is 5.47. The molecule has 3 fully saturated rings. The molecule has 0 aromatic rings. The van der Waals surface area contributed by atoms with Crippen molar-refractivity contribution in [2.45, 2.75) is 51.4 Å². The Kier molecular flexibility index (Phi) is 5.60.